The third-order valence-corrected chi connectivity index (χ3v) is 6.46. The molecule has 0 aliphatic carbocycles. The van der Waals surface area contributed by atoms with Crippen LogP contribution in [0.5, 0.6) is 5.75 Å². The van der Waals surface area contributed by atoms with Crippen LogP contribution >= 0.6 is 0 Å². The van der Waals surface area contributed by atoms with Gasteiger partial charge in [0.05, 0.1) is 17.1 Å². The Hall–Kier alpha value is -3.47. The molecule has 0 radical (unpaired) electrons. The zero-order chi connectivity index (χ0) is 21.1. The third-order valence-electron chi connectivity index (χ3n) is 4.60. The summed E-state index contributed by atoms with van der Waals surface area (Å²) in [6, 6.07) is 7.87. The highest BCUT2D eigenvalue weighted by atomic mass is 32.2. The first-order valence-electron chi connectivity index (χ1n) is 9.29. The number of hydrogen-bond donors (Lipinski definition) is 2. The maximum atomic E-state index is 12.3. The lowest BCUT2D eigenvalue weighted by molar-refractivity contribution is -0.116. The van der Waals surface area contributed by atoms with E-state index in [-0.39, 0.29) is 35.9 Å². The number of carbonyl (C=O) groups excluding carboxylic acids is 1. The molecule has 1 saturated heterocycles. The summed E-state index contributed by atoms with van der Waals surface area (Å²) in [6.45, 7) is 0.372. The molecule has 0 atom stereocenters. The molecule has 11 heteroatoms. The SMILES string of the molecule is O=C(CCc1nc(-c2cccnc2)no1)Nc1cc(N2CCCS2(=O)=O)ccc1O. The molecule has 4 rings (SSSR count). The van der Waals surface area contributed by atoms with Crippen molar-refractivity contribution >= 4 is 27.3 Å². The number of benzene rings is 1. The summed E-state index contributed by atoms with van der Waals surface area (Å²) in [7, 11) is -3.36. The van der Waals surface area contributed by atoms with Crippen LogP contribution in [0, 0.1) is 0 Å². The second-order valence-electron chi connectivity index (χ2n) is 6.74. The Labute approximate surface area is 172 Å². The molecular formula is C19H19N5O5S. The van der Waals surface area contributed by atoms with Crippen molar-refractivity contribution in [3.05, 3.63) is 48.6 Å². The molecule has 1 aromatic carbocycles. The first-order chi connectivity index (χ1) is 14.4. The van der Waals surface area contributed by atoms with Gasteiger partial charge in [-0.15, -0.1) is 0 Å². The fourth-order valence-electron chi connectivity index (χ4n) is 3.11. The molecule has 1 aliphatic rings. The van der Waals surface area contributed by atoms with Crippen LogP contribution in [-0.4, -0.2) is 46.9 Å². The van der Waals surface area contributed by atoms with Crippen molar-refractivity contribution in [2.24, 2.45) is 0 Å². The van der Waals surface area contributed by atoms with Gasteiger partial charge >= 0.3 is 0 Å². The van der Waals surface area contributed by atoms with Gasteiger partial charge in [-0.3, -0.25) is 14.1 Å². The number of hydrogen-bond acceptors (Lipinski definition) is 8. The molecule has 2 aromatic heterocycles. The van der Waals surface area contributed by atoms with Gasteiger partial charge in [0.2, 0.25) is 27.6 Å². The molecular weight excluding hydrogens is 410 g/mol. The van der Waals surface area contributed by atoms with Gasteiger partial charge in [0.1, 0.15) is 5.75 Å². The van der Waals surface area contributed by atoms with Gasteiger partial charge in [0.25, 0.3) is 0 Å². The van der Waals surface area contributed by atoms with Gasteiger partial charge < -0.3 is 14.9 Å². The van der Waals surface area contributed by atoms with Gasteiger partial charge in [-0.05, 0) is 36.8 Å². The van der Waals surface area contributed by atoms with Crippen molar-refractivity contribution in [2.75, 3.05) is 21.9 Å². The lowest BCUT2D eigenvalue weighted by atomic mass is 10.2. The minimum Gasteiger partial charge on any atom is -0.506 e. The van der Waals surface area contributed by atoms with Crippen LogP contribution in [0.4, 0.5) is 11.4 Å². The van der Waals surface area contributed by atoms with Gasteiger partial charge in [0, 0.05) is 37.3 Å². The number of nitrogens with zero attached hydrogens (tertiary/aromatic N) is 4. The number of phenolic OH excluding ortho intramolecular Hbond substituents is 1. The summed E-state index contributed by atoms with van der Waals surface area (Å²) in [6.07, 6.45) is 4.03. The molecule has 3 heterocycles. The standard InChI is InChI=1S/C19H19N5O5S/c25-16-5-4-14(24-9-2-10-30(24,27)28)11-15(16)21-17(26)6-7-18-22-19(23-29-18)13-3-1-8-20-12-13/h1,3-5,8,11-12,25H,2,6-7,9-10H2,(H,21,26). The lowest BCUT2D eigenvalue weighted by Gasteiger charge is -2.18. The van der Waals surface area contributed by atoms with Crippen molar-refractivity contribution in [3.8, 4) is 17.1 Å². The van der Waals surface area contributed by atoms with E-state index in [1.165, 1.54) is 22.5 Å². The predicted molar refractivity (Wildman–Crippen MR) is 108 cm³/mol. The number of amides is 1. The Balaban J connectivity index is 1.40. The summed E-state index contributed by atoms with van der Waals surface area (Å²) in [5, 5.41) is 16.5. The Morgan fingerprint density at radius 2 is 2.17 bits per heavy atom. The van der Waals surface area contributed by atoms with Crippen molar-refractivity contribution in [1.82, 2.24) is 15.1 Å². The fraction of sp³-hybridized carbons (Fsp3) is 0.263. The molecule has 3 aromatic rings. The zero-order valence-corrected chi connectivity index (χ0v) is 16.7. The summed E-state index contributed by atoms with van der Waals surface area (Å²) < 4.78 is 30.6. The number of rotatable bonds is 6. The maximum absolute atomic E-state index is 12.3. The molecule has 1 amide bonds. The quantitative estimate of drug-likeness (QED) is 0.567. The van der Waals surface area contributed by atoms with E-state index in [2.05, 4.69) is 20.4 Å². The van der Waals surface area contributed by atoms with Gasteiger partial charge in [-0.2, -0.15) is 4.98 Å². The van der Waals surface area contributed by atoms with E-state index in [9.17, 15) is 18.3 Å². The summed E-state index contributed by atoms with van der Waals surface area (Å²) in [5.74, 6) is 0.231. The van der Waals surface area contributed by atoms with Gasteiger partial charge in [-0.25, -0.2) is 8.42 Å². The van der Waals surface area contributed by atoms with Crippen LogP contribution in [-0.2, 0) is 21.2 Å². The van der Waals surface area contributed by atoms with Crippen molar-refractivity contribution < 1.29 is 22.8 Å². The first kappa shape index (κ1) is 19.8. The van der Waals surface area contributed by atoms with E-state index in [1.54, 1.807) is 24.5 Å². The second-order valence-corrected chi connectivity index (χ2v) is 8.76. The van der Waals surface area contributed by atoms with E-state index in [4.69, 9.17) is 4.52 Å². The number of aryl methyl sites for hydroxylation is 1. The van der Waals surface area contributed by atoms with E-state index in [1.807, 2.05) is 0 Å². The van der Waals surface area contributed by atoms with Crippen molar-refractivity contribution in [1.29, 1.82) is 0 Å². The zero-order valence-electron chi connectivity index (χ0n) is 15.9. The summed E-state index contributed by atoms with van der Waals surface area (Å²) in [4.78, 5) is 20.6. The Kier molecular flexibility index (Phi) is 5.36. The highest BCUT2D eigenvalue weighted by Crippen LogP contribution is 2.32. The molecule has 10 nitrogen and oxygen atoms in total. The summed E-state index contributed by atoms with van der Waals surface area (Å²) in [5.41, 5.74) is 1.25. The number of aromatic hydroxyl groups is 1. The molecule has 1 aliphatic heterocycles. The van der Waals surface area contributed by atoms with E-state index >= 15 is 0 Å². The first-order valence-corrected chi connectivity index (χ1v) is 10.9. The molecule has 30 heavy (non-hydrogen) atoms. The minimum absolute atomic E-state index is 0.0420. The fourth-order valence-corrected chi connectivity index (χ4v) is 4.67. The molecule has 1 fully saturated rings. The summed E-state index contributed by atoms with van der Waals surface area (Å²) >= 11 is 0. The Morgan fingerprint density at radius 3 is 2.90 bits per heavy atom. The third kappa shape index (κ3) is 4.25. The van der Waals surface area contributed by atoms with Crippen LogP contribution in [0.25, 0.3) is 11.4 Å². The number of sulfonamides is 1. The van der Waals surface area contributed by atoms with Crippen LogP contribution in [0.3, 0.4) is 0 Å². The van der Waals surface area contributed by atoms with Crippen LogP contribution < -0.4 is 9.62 Å². The number of nitrogens with one attached hydrogen (secondary N) is 1. The van der Waals surface area contributed by atoms with Crippen molar-refractivity contribution in [3.63, 3.8) is 0 Å². The minimum atomic E-state index is -3.36. The van der Waals surface area contributed by atoms with E-state index in [0.29, 0.717) is 35.9 Å². The number of phenols is 1. The van der Waals surface area contributed by atoms with E-state index < -0.39 is 10.0 Å². The average Bonchev–Trinajstić information content (AvgIpc) is 3.35. The molecule has 0 saturated carbocycles. The molecule has 156 valence electrons. The monoisotopic (exact) mass is 429 g/mol. The van der Waals surface area contributed by atoms with Crippen molar-refractivity contribution in [2.45, 2.75) is 19.3 Å². The molecule has 0 spiro atoms. The molecule has 0 unspecified atom stereocenters. The highest BCUT2D eigenvalue weighted by molar-refractivity contribution is 7.93. The highest BCUT2D eigenvalue weighted by Gasteiger charge is 2.29. The average molecular weight is 429 g/mol. The van der Waals surface area contributed by atoms with Crippen LogP contribution in [0.1, 0.15) is 18.7 Å². The van der Waals surface area contributed by atoms with Gasteiger partial charge in [0.15, 0.2) is 0 Å². The Morgan fingerprint density at radius 1 is 1.30 bits per heavy atom. The largest absolute Gasteiger partial charge is 0.506 e. The molecule has 0 bridgehead atoms. The Bertz CT molecular complexity index is 1160. The topological polar surface area (TPSA) is 139 Å². The van der Waals surface area contributed by atoms with E-state index in [0.717, 1.165) is 0 Å². The number of aromatic nitrogens is 3. The smallest absolute Gasteiger partial charge is 0.235 e. The number of carbonyl (C=O) groups is 1. The normalized spacial score (nSPS) is 15.3. The van der Waals surface area contributed by atoms with Crippen LogP contribution in [0.2, 0.25) is 0 Å². The lowest BCUT2D eigenvalue weighted by Crippen LogP contribution is -2.25. The number of pyridine rings is 1. The van der Waals surface area contributed by atoms with Crippen LogP contribution in [0.15, 0.2) is 47.2 Å². The maximum Gasteiger partial charge on any atom is 0.235 e. The van der Waals surface area contributed by atoms with Gasteiger partial charge in [-0.1, -0.05) is 5.16 Å². The predicted octanol–water partition coefficient (Wildman–Crippen LogP) is 1.95. The molecule has 2 N–H and O–H groups in total. The number of anilines is 2. The second kappa shape index (κ2) is 8.11.